The van der Waals surface area contributed by atoms with Crippen molar-refractivity contribution in [2.45, 2.75) is 38.0 Å². The van der Waals surface area contributed by atoms with E-state index in [2.05, 4.69) is 16.1 Å². The van der Waals surface area contributed by atoms with Crippen LogP contribution in [0.5, 0.6) is 0 Å². The minimum absolute atomic E-state index is 0.581. The van der Waals surface area contributed by atoms with Crippen LogP contribution in [0.15, 0.2) is 12.1 Å². The predicted octanol–water partition coefficient (Wildman–Crippen LogP) is 3.21. The summed E-state index contributed by atoms with van der Waals surface area (Å²) in [5.74, 6) is 2.42. The van der Waals surface area contributed by atoms with Crippen LogP contribution in [0.4, 0.5) is 0 Å². The Kier molecular flexibility index (Phi) is 2.01. The van der Waals surface area contributed by atoms with Crippen molar-refractivity contribution >= 4 is 17.2 Å². The van der Waals surface area contributed by atoms with E-state index >= 15 is 0 Å². The van der Waals surface area contributed by atoms with Crippen LogP contribution in [-0.2, 0) is 6.42 Å². The lowest BCUT2D eigenvalue weighted by Crippen LogP contribution is -1.94. The van der Waals surface area contributed by atoms with Crippen molar-refractivity contribution in [3.05, 3.63) is 28.7 Å². The maximum absolute atomic E-state index is 6.26. The molecular weight excluding hydrogens is 234 g/mol. The molecule has 88 valence electrons. The lowest BCUT2D eigenvalue weighted by molar-refractivity contribution is 0.825. The molecule has 0 amide bonds. The minimum atomic E-state index is 0.581. The summed E-state index contributed by atoms with van der Waals surface area (Å²) in [7, 11) is 0. The third kappa shape index (κ3) is 1.82. The molecule has 0 spiro atoms. The first-order chi connectivity index (χ1) is 8.29. The molecule has 0 bridgehead atoms. The van der Waals surface area contributed by atoms with Gasteiger partial charge in [0.2, 0.25) is 0 Å². The molecule has 0 unspecified atom stereocenters. The van der Waals surface area contributed by atoms with E-state index in [0.29, 0.717) is 11.1 Å². The van der Waals surface area contributed by atoms with E-state index in [-0.39, 0.29) is 0 Å². The monoisotopic (exact) mass is 247 g/mol. The summed E-state index contributed by atoms with van der Waals surface area (Å²) < 4.78 is 1.77. The van der Waals surface area contributed by atoms with Crippen molar-refractivity contribution in [3.63, 3.8) is 0 Å². The Morgan fingerprint density at radius 3 is 2.76 bits per heavy atom. The number of nitrogens with zero attached hydrogens (tertiary/aromatic N) is 3. The molecule has 0 aliphatic heterocycles. The van der Waals surface area contributed by atoms with Gasteiger partial charge in [-0.05, 0) is 55.7 Å². The fourth-order valence-corrected chi connectivity index (χ4v) is 2.57. The van der Waals surface area contributed by atoms with Crippen LogP contribution in [0.2, 0.25) is 5.15 Å². The van der Waals surface area contributed by atoms with E-state index in [1.165, 1.54) is 31.2 Å². The maximum Gasteiger partial charge on any atom is 0.157 e. The standard InChI is InChI=1S/C13H14ClN3/c14-11-6-9(5-8-1-2-8)7-12-15-13(10-3-4-10)16-17(11)12/h6-8,10H,1-5H2. The van der Waals surface area contributed by atoms with Gasteiger partial charge in [-0.15, -0.1) is 5.10 Å². The van der Waals surface area contributed by atoms with Crippen molar-refractivity contribution in [3.8, 4) is 0 Å². The van der Waals surface area contributed by atoms with Crippen LogP contribution >= 0.6 is 11.6 Å². The zero-order chi connectivity index (χ0) is 11.4. The van der Waals surface area contributed by atoms with Crippen LogP contribution in [0.3, 0.4) is 0 Å². The second kappa shape index (κ2) is 3.45. The minimum Gasteiger partial charge on any atom is -0.212 e. The normalized spacial score (nSPS) is 20.1. The summed E-state index contributed by atoms with van der Waals surface area (Å²) in [4.78, 5) is 4.59. The Bertz CT molecular complexity index is 582. The molecule has 0 atom stereocenters. The molecule has 4 rings (SSSR count). The summed E-state index contributed by atoms with van der Waals surface area (Å²) in [5.41, 5.74) is 2.22. The van der Waals surface area contributed by atoms with Crippen LogP contribution in [0.25, 0.3) is 5.65 Å². The molecule has 0 saturated heterocycles. The molecule has 3 nitrogen and oxygen atoms in total. The topological polar surface area (TPSA) is 30.2 Å². The number of rotatable bonds is 3. The Morgan fingerprint density at radius 2 is 2.06 bits per heavy atom. The highest BCUT2D eigenvalue weighted by Gasteiger charge is 2.28. The van der Waals surface area contributed by atoms with Gasteiger partial charge in [0.15, 0.2) is 11.5 Å². The molecule has 2 aromatic rings. The first kappa shape index (κ1) is 9.89. The zero-order valence-electron chi connectivity index (χ0n) is 9.56. The van der Waals surface area contributed by atoms with Gasteiger partial charge < -0.3 is 0 Å². The summed E-state index contributed by atoms with van der Waals surface area (Å²) in [6.07, 6.45) is 6.32. The highest BCUT2D eigenvalue weighted by atomic mass is 35.5. The lowest BCUT2D eigenvalue weighted by Gasteiger charge is -2.01. The van der Waals surface area contributed by atoms with E-state index in [9.17, 15) is 0 Å². The second-order valence-corrected chi connectivity index (χ2v) is 5.74. The molecule has 0 radical (unpaired) electrons. The van der Waals surface area contributed by atoms with Crippen LogP contribution < -0.4 is 0 Å². The van der Waals surface area contributed by atoms with Crippen molar-refractivity contribution in [1.82, 2.24) is 14.6 Å². The van der Waals surface area contributed by atoms with E-state index < -0.39 is 0 Å². The highest BCUT2D eigenvalue weighted by Crippen LogP contribution is 2.38. The average Bonchev–Trinajstić information content (AvgIpc) is 3.18. The first-order valence-corrected chi connectivity index (χ1v) is 6.72. The van der Waals surface area contributed by atoms with E-state index in [0.717, 1.165) is 23.8 Å². The molecule has 2 fully saturated rings. The Morgan fingerprint density at radius 1 is 1.24 bits per heavy atom. The second-order valence-electron chi connectivity index (χ2n) is 5.35. The molecule has 2 heterocycles. The molecule has 2 aliphatic carbocycles. The first-order valence-electron chi connectivity index (χ1n) is 6.35. The lowest BCUT2D eigenvalue weighted by atomic mass is 10.1. The number of halogens is 1. The van der Waals surface area contributed by atoms with Gasteiger partial charge in [-0.25, -0.2) is 9.50 Å². The van der Waals surface area contributed by atoms with E-state index in [4.69, 9.17) is 11.6 Å². The van der Waals surface area contributed by atoms with Gasteiger partial charge in [0, 0.05) is 5.92 Å². The Labute approximate surface area is 105 Å². The number of hydrogen-bond donors (Lipinski definition) is 0. The molecule has 4 heteroatoms. The van der Waals surface area contributed by atoms with Crippen LogP contribution in [0, 0.1) is 5.92 Å². The predicted molar refractivity (Wildman–Crippen MR) is 66.4 cm³/mol. The quantitative estimate of drug-likeness (QED) is 0.780. The smallest absolute Gasteiger partial charge is 0.157 e. The van der Waals surface area contributed by atoms with E-state index in [1.807, 2.05) is 6.07 Å². The molecule has 0 aromatic carbocycles. The van der Waals surface area contributed by atoms with Gasteiger partial charge in [0.05, 0.1) is 0 Å². The highest BCUT2D eigenvalue weighted by molar-refractivity contribution is 6.29. The molecule has 17 heavy (non-hydrogen) atoms. The Balaban J connectivity index is 1.78. The average molecular weight is 248 g/mol. The van der Waals surface area contributed by atoms with Gasteiger partial charge in [-0.3, -0.25) is 0 Å². The van der Waals surface area contributed by atoms with Gasteiger partial charge in [-0.1, -0.05) is 11.6 Å². The van der Waals surface area contributed by atoms with Gasteiger partial charge in [-0.2, -0.15) is 0 Å². The summed E-state index contributed by atoms with van der Waals surface area (Å²) in [6, 6.07) is 4.18. The molecule has 2 saturated carbocycles. The third-order valence-electron chi connectivity index (χ3n) is 3.63. The zero-order valence-corrected chi connectivity index (χ0v) is 10.3. The number of fused-ring (bicyclic) bond motifs is 1. The number of pyridine rings is 1. The van der Waals surface area contributed by atoms with Gasteiger partial charge >= 0.3 is 0 Å². The van der Waals surface area contributed by atoms with E-state index in [1.54, 1.807) is 4.52 Å². The largest absolute Gasteiger partial charge is 0.212 e. The van der Waals surface area contributed by atoms with Crippen molar-refractivity contribution in [1.29, 1.82) is 0 Å². The van der Waals surface area contributed by atoms with Gasteiger partial charge in [0.25, 0.3) is 0 Å². The van der Waals surface area contributed by atoms with Crippen molar-refractivity contribution < 1.29 is 0 Å². The number of aromatic nitrogens is 3. The molecule has 2 aromatic heterocycles. The summed E-state index contributed by atoms with van der Waals surface area (Å²) >= 11 is 6.26. The fraction of sp³-hybridized carbons (Fsp3) is 0.538. The van der Waals surface area contributed by atoms with Crippen LogP contribution in [-0.4, -0.2) is 14.6 Å². The molecule has 0 N–H and O–H groups in total. The van der Waals surface area contributed by atoms with Crippen LogP contribution in [0.1, 0.15) is 43.0 Å². The summed E-state index contributed by atoms with van der Waals surface area (Å²) in [5, 5.41) is 5.18. The van der Waals surface area contributed by atoms with Gasteiger partial charge in [0.1, 0.15) is 5.15 Å². The summed E-state index contributed by atoms with van der Waals surface area (Å²) in [6.45, 7) is 0. The fourth-order valence-electron chi connectivity index (χ4n) is 2.30. The maximum atomic E-state index is 6.26. The van der Waals surface area contributed by atoms with Crippen molar-refractivity contribution in [2.75, 3.05) is 0 Å². The molecular formula is C13H14ClN3. The SMILES string of the molecule is Clc1cc(CC2CC2)cc2nc(C3CC3)nn12. The number of hydrogen-bond acceptors (Lipinski definition) is 2. The van der Waals surface area contributed by atoms with Crippen molar-refractivity contribution in [2.24, 2.45) is 5.92 Å². The molecule has 2 aliphatic rings. The third-order valence-corrected chi connectivity index (χ3v) is 3.90. The Hall–Kier alpha value is -1.09.